The number of carbonyl (C=O) groups is 1. The second kappa shape index (κ2) is 6.53. The fourth-order valence-electron chi connectivity index (χ4n) is 3.19. The maximum absolute atomic E-state index is 12.2. The average Bonchev–Trinajstić information content (AvgIpc) is 2.62. The van der Waals surface area contributed by atoms with Crippen LogP contribution in [-0.2, 0) is 4.79 Å². The van der Waals surface area contributed by atoms with Gasteiger partial charge in [0.25, 0.3) is 0 Å². The van der Waals surface area contributed by atoms with Crippen molar-refractivity contribution in [2.24, 2.45) is 5.92 Å². The number of aliphatic hydroxyl groups excluding tert-OH is 1. The third kappa shape index (κ3) is 3.45. The molecule has 0 radical (unpaired) electrons. The molecule has 1 saturated carbocycles. The standard InChI is InChI=1S/C14H26N2O2/c1-16(12-9-15-10-13(12)17)14(18)8-11-6-4-2-3-5-7-11/h11-13,15,17H,2-10H2,1H3/t12-,13-/m1/s1. The summed E-state index contributed by atoms with van der Waals surface area (Å²) >= 11 is 0. The largest absolute Gasteiger partial charge is 0.390 e. The first-order chi connectivity index (χ1) is 8.68. The van der Waals surface area contributed by atoms with E-state index in [4.69, 9.17) is 0 Å². The van der Waals surface area contributed by atoms with Gasteiger partial charge in [-0.25, -0.2) is 0 Å². The smallest absolute Gasteiger partial charge is 0.222 e. The van der Waals surface area contributed by atoms with Gasteiger partial charge < -0.3 is 15.3 Å². The zero-order valence-corrected chi connectivity index (χ0v) is 11.4. The van der Waals surface area contributed by atoms with Crippen molar-refractivity contribution in [3.05, 3.63) is 0 Å². The van der Waals surface area contributed by atoms with E-state index in [1.165, 1.54) is 38.5 Å². The summed E-state index contributed by atoms with van der Waals surface area (Å²) in [6.45, 7) is 1.32. The van der Waals surface area contributed by atoms with E-state index in [1.54, 1.807) is 4.90 Å². The molecule has 1 aliphatic heterocycles. The highest BCUT2D eigenvalue weighted by molar-refractivity contribution is 5.76. The predicted molar refractivity (Wildman–Crippen MR) is 71.2 cm³/mol. The van der Waals surface area contributed by atoms with Crippen LogP contribution in [0.4, 0.5) is 0 Å². The van der Waals surface area contributed by atoms with E-state index in [-0.39, 0.29) is 11.9 Å². The summed E-state index contributed by atoms with van der Waals surface area (Å²) in [7, 11) is 1.83. The maximum atomic E-state index is 12.2. The summed E-state index contributed by atoms with van der Waals surface area (Å²) < 4.78 is 0. The summed E-state index contributed by atoms with van der Waals surface area (Å²) in [5, 5.41) is 12.9. The van der Waals surface area contributed by atoms with E-state index in [0.717, 1.165) is 0 Å². The number of nitrogens with zero attached hydrogens (tertiary/aromatic N) is 1. The Morgan fingerprint density at radius 3 is 2.44 bits per heavy atom. The van der Waals surface area contributed by atoms with Crippen molar-refractivity contribution in [3.63, 3.8) is 0 Å². The lowest BCUT2D eigenvalue weighted by molar-refractivity contribution is -0.134. The van der Waals surface area contributed by atoms with Crippen molar-refractivity contribution in [1.82, 2.24) is 10.2 Å². The van der Waals surface area contributed by atoms with Gasteiger partial charge in [0.15, 0.2) is 0 Å². The Bertz CT molecular complexity index is 275. The van der Waals surface area contributed by atoms with Crippen LogP contribution in [0, 0.1) is 5.92 Å². The highest BCUT2D eigenvalue weighted by Crippen LogP contribution is 2.26. The minimum absolute atomic E-state index is 0.0386. The molecule has 0 aromatic heterocycles. The van der Waals surface area contributed by atoms with Crippen molar-refractivity contribution >= 4 is 5.91 Å². The SMILES string of the molecule is CN(C(=O)CC1CCCCCC1)[C@@H]1CNC[C@H]1O. The Labute approximate surface area is 110 Å². The summed E-state index contributed by atoms with van der Waals surface area (Å²) in [4.78, 5) is 14.0. The minimum atomic E-state index is -0.409. The minimum Gasteiger partial charge on any atom is -0.390 e. The molecule has 4 heteroatoms. The van der Waals surface area contributed by atoms with Gasteiger partial charge in [0.05, 0.1) is 12.1 Å². The second-order valence-electron chi connectivity index (χ2n) is 5.86. The highest BCUT2D eigenvalue weighted by Gasteiger charge is 2.31. The summed E-state index contributed by atoms with van der Waals surface area (Å²) in [5.41, 5.74) is 0. The number of aliphatic hydroxyl groups is 1. The molecule has 4 nitrogen and oxygen atoms in total. The first kappa shape index (κ1) is 13.8. The zero-order valence-electron chi connectivity index (χ0n) is 11.4. The fourth-order valence-corrected chi connectivity index (χ4v) is 3.19. The van der Waals surface area contributed by atoms with Crippen molar-refractivity contribution < 1.29 is 9.90 Å². The number of rotatable bonds is 3. The molecule has 0 aromatic rings. The van der Waals surface area contributed by atoms with Gasteiger partial charge in [-0.3, -0.25) is 4.79 Å². The second-order valence-corrected chi connectivity index (χ2v) is 5.86. The third-order valence-electron chi connectivity index (χ3n) is 4.48. The fraction of sp³-hybridized carbons (Fsp3) is 0.929. The summed E-state index contributed by atoms with van der Waals surface area (Å²) in [6.07, 6.45) is 7.85. The molecule has 18 heavy (non-hydrogen) atoms. The number of hydrogen-bond donors (Lipinski definition) is 2. The van der Waals surface area contributed by atoms with Gasteiger partial charge in [-0.05, 0) is 18.8 Å². The average molecular weight is 254 g/mol. The normalized spacial score (nSPS) is 30.1. The quantitative estimate of drug-likeness (QED) is 0.743. The number of likely N-dealkylation sites (N-methyl/N-ethyl adjacent to an activating group) is 1. The first-order valence-electron chi connectivity index (χ1n) is 7.33. The van der Waals surface area contributed by atoms with Gasteiger partial charge in [-0.1, -0.05) is 25.7 Å². The van der Waals surface area contributed by atoms with Gasteiger partial charge in [0, 0.05) is 26.6 Å². The molecule has 2 fully saturated rings. The van der Waals surface area contributed by atoms with E-state index >= 15 is 0 Å². The number of amides is 1. The van der Waals surface area contributed by atoms with Crippen molar-refractivity contribution in [2.75, 3.05) is 20.1 Å². The van der Waals surface area contributed by atoms with Crippen molar-refractivity contribution in [3.8, 4) is 0 Å². The molecule has 1 amide bonds. The maximum Gasteiger partial charge on any atom is 0.222 e. The number of carbonyl (C=O) groups excluding carboxylic acids is 1. The Balaban J connectivity index is 1.82. The molecule has 0 bridgehead atoms. The van der Waals surface area contributed by atoms with Crippen LogP contribution in [0.15, 0.2) is 0 Å². The lowest BCUT2D eigenvalue weighted by Crippen LogP contribution is -2.44. The van der Waals surface area contributed by atoms with Crippen LogP contribution >= 0.6 is 0 Å². The van der Waals surface area contributed by atoms with Crippen molar-refractivity contribution in [2.45, 2.75) is 57.1 Å². The van der Waals surface area contributed by atoms with E-state index in [1.807, 2.05) is 7.05 Å². The zero-order chi connectivity index (χ0) is 13.0. The van der Waals surface area contributed by atoms with Gasteiger partial charge in [0.1, 0.15) is 0 Å². The number of hydrogen-bond acceptors (Lipinski definition) is 3. The molecular weight excluding hydrogens is 228 g/mol. The molecule has 2 aliphatic rings. The molecule has 2 atom stereocenters. The molecule has 0 spiro atoms. The lowest BCUT2D eigenvalue weighted by atomic mass is 9.95. The summed E-state index contributed by atoms with van der Waals surface area (Å²) in [5.74, 6) is 0.767. The van der Waals surface area contributed by atoms with E-state index < -0.39 is 6.10 Å². The van der Waals surface area contributed by atoms with E-state index in [2.05, 4.69) is 5.32 Å². The molecule has 0 aromatic carbocycles. The van der Waals surface area contributed by atoms with E-state index in [9.17, 15) is 9.90 Å². The molecule has 1 aliphatic carbocycles. The Kier molecular flexibility index (Phi) is 5.01. The van der Waals surface area contributed by atoms with Crippen LogP contribution in [0.1, 0.15) is 44.9 Å². The van der Waals surface area contributed by atoms with Crippen LogP contribution < -0.4 is 5.32 Å². The van der Waals surface area contributed by atoms with Crippen LogP contribution in [0.2, 0.25) is 0 Å². The van der Waals surface area contributed by atoms with E-state index in [0.29, 0.717) is 25.4 Å². The van der Waals surface area contributed by atoms with Crippen LogP contribution in [0.3, 0.4) is 0 Å². The van der Waals surface area contributed by atoms with Crippen LogP contribution in [0.25, 0.3) is 0 Å². The van der Waals surface area contributed by atoms with Crippen LogP contribution in [0.5, 0.6) is 0 Å². The monoisotopic (exact) mass is 254 g/mol. The molecule has 2 N–H and O–H groups in total. The van der Waals surface area contributed by atoms with Gasteiger partial charge in [0.2, 0.25) is 5.91 Å². The van der Waals surface area contributed by atoms with Crippen LogP contribution in [-0.4, -0.2) is 48.2 Å². The topological polar surface area (TPSA) is 52.6 Å². The Morgan fingerprint density at radius 2 is 1.89 bits per heavy atom. The van der Waals surface area contributed by atoms with Gasteiger partial charge >= 0.3 is 0 Å². The van der Waals surface area contributed by atoms with Gasteiger partial charge in [-0.15, -0.1) is 0 Å². The predicted octanol–water partition coefficient (Wildman–Crippen LogP) is 1.14. The molecule has 104 valence electrons. The number of β-amino-alcohol motifs (C(OH)–C–C–N with tert-alkyl or cyclic N) is 1. The van der Waals surface area contributed by atoms with Gasteiger partial charge in [-0.2, -0.15) is 0 Å². The highest BCUT2D eigenvalue weighted by atomic mass is 16.3. The van der Waals surface area contributed by atoms with Crippen molar-refractivity contribution in [1.29, 1.82) is 0 Å². The lowest BCUT2D eigenvalue weighted by Gasteiger charge is -2.28. The first-order valence-corrected chi connectivity index (χ1v) is 7.33. The molecule has 2 rings (SSSR count). The Hall–Kier alpha value is -0.610. The molecule has 1 heterocycles. The molecule has 0 unspecified atom stereocenters. The molecule has 1 saturated heterocycles. The Morgan fingerprint density at radius 1 is 1.22 bits per heavy atom. The summed E-state index contributed by atoms with van der Waals surface area (Å²) in [6, 6.07) is -0.0386. The third-order valence-corrected chi connectivity index (χ3v) is 4.48. The molecular formula is C14H26N2O2. The number of nitrogens with one attached hydrogen (secondary N) is 1.